The topological polar surface area (TPSA) is 127 Å². The minimum atomic E-state index is -0.577. The van der Waals surface area contributed by atoms with E-state index in [0.29, 0.717) is 24.8 Å². The highest BCUT2D eigenvalue weighted by atomic mass is 16.6. The van der Waals surface area contributed by atoms with Gasteiger partial charge in [0.15, 0.2) is 0 Å². The SMILES string of the molecule is CCc1cc(=O)oc2nc(ON=C3CC4CCC(C3)N4C(=O)OC(C)C)[nH]c(=O)c12. The van der Waals surface area contributed by atoms with Crippen molar-refractivity contribution in [3.8, 4) is 6.01 Å². The summed E-state index contributed by atoms with van der Waals surface area (Å²) >= 11 is 0. The second-order valence-electron chi connectivity index (χ2n) is 7.88. The van der Waals surface area contributed by atoms with Gasteiger partial charge in [-0.3, -0.25) is 9.78 Å². The van der Waals surface area contributed by atoms with Gasteiger partial charge in [-0.25, -0.2) is 9.59 Å². The summed E-state index contributed by atoms with van der Waals surface area (Å²) in [7, 11) is 0. The lowest BCUT2D eigenvalue weighted by molar-refractivity contribution is 0.0595. The van der Waals surface area contributed by atoms with E-state index in [1.165, 1.54) is 6.07 Å². The quantitative estimate of drug-likeness (QED) is 0.758. The number of fused-ring (bicyclic) bond motifs is 3. The zero-order valence-electron chi connectivity index (χ0n) is 17.1. The first-order chi connectivity index (χ1) is 14.4. The molecule has 0 aromatic carbocycles. The second-order valence-corrected chi connectivity index (χ2v) is 7.88. The van der Waals surface area contributed by atoms with Crippen LogP contribution < -0.4 is 16.0 Å². The minimum Gasteiger partial charge on any atom is -0.447 e. The van der Waals surface area contributed by atoms with Crippen LogP contribution in [0.2, 0.25) is 0 Å². The third kappa shape index (κ3) is 3.81. The molecule has 2 aliphatic rings. The average Bonchev–Trinajstić information content (AvgIpc) is 2.95. The van der Waals surface area contributed by atoms with Crippen molar-refractivity contribution in [1.29, 1.82) is 0 Å². The first-order valence-electron chi connectivity index (χ1n) is 10.1. The number of aryl methyl sites for hydroxylation is 1. The molecule has 0 radical (unpaired) electrons. The van der Waals surface area contributed by atoms with Crippen molar-refractivity contribution in [2.45, 2.75) is 71.1 Å². The Hall–Kier alpha value is -3.17. The molecule has 0 aliphatic carbocycles. The van der Waals surface area contributed by atoms with E-state index in [1.54, 1.807) is 4.90 Å². The molecular weight excluding hydrogens is 392 g/mol. The van der Waals surface area contributed by atoms with Gasteiger partial charge in [-0.15, -0.1) is 0 Å². The Morgan fingerprint density at radius 1 is 1.33 bits per heavy atom. The van der Waals surface area contributed by atoms with Crippen molar-refractivity contribution >= 4 is 22.9 Å². The molecule has 4 heterocycles. The number of nitrogens with one attached hydrogen (secondary N) is 1. The summed E-state index contributed by atoms with van der Waals surface area (Å²) in [6.45, 7) is 5.49. The highest BCUT2D eigenvalue weighted by molar-refractivity contribution is 5.88. The predicted octanol–water partition coefficient (Wildman–Crippen LogP) is 2.35. The number of aromatic nitrogens is 2. The maximum atomic E-state index is 12.4. The molecule has 1 amide bonds. The van der Waals surface area contributed by atoms with E-state index in [-0.39, 0.29) is 41.4 Å². The normalized spacial score (nSPS) is 20.7. The standard InChI is InChI=1S/C20H24N4O6/c1-4-11-7-15(25)29-18-16(11)17(26)21-19(22-18)30-23-12-8-13-5-6-14(9-12)24(13)20(27)28-10(2)3/h7,10,13-14H,4-6,8-9H2,1-3H3,(H,21,22,26). The van der Waals surface area contributed by atoms with Gasteiger partial charge in [0.1, 0.15) is 5.39 Å². The first-order valence-corrected chi connectivity index (χ1v) is 10.1. The third-order valence-electron chi connectivity index (χ3n) is 5.43. The Balaban J connectivity index is 1.53. The lowest BCUT2D eigenvalue weighted by Crippen LogP contribution is -2.47. The Morgan fingerprint density at radius 2 is 2.03 bits per heavy atom. The molecule has 0 saturated carbocycles. The Kier molecular flexibility index (Phi) is 5.31. The Labute approximate surface area is 171 Å². The number of nitrogens with zero attached hydrogens (tertiary/aromatic N) is 3. The second kappa shape index (κ2) is 7.92. The molecule has 30 heavy (non-hydrogen) atoms. The highest BCUT2D eigenvalue weighted by Crippen LogP contribution is 2.35. The lowest BCUT2D eigenvalue weighted by Gasteiger charge is -2.34. The molecule has 2 aliphatic heterocycles. The largest absolute Gasteiger partial charge is 0.447 e. The predicted molar refractivity (Wildman–Crippen MR) is 108 cm³/mol. The van der Waals surface area contributed by atoms with Crippen LogP contribution in [0.4, 0.5) is 4.79 Å². The van der Waals surface area contributed by atoms with Gasteiger partial charge >= 0.3 is 17.7 Å². The molecule has 160 valence electrons. The van der Waals surface area contributed by atoms with Crippen LogP contribution in [0.25, 0.3) is 11.1 Å². The van der Waals surface area contributed by atoms with Gasteiger partial charge in [-0.05, 0) is 38.7 Å². The number of aromatic amines is 1. The van der Waals surface area contributed by atoms with Crippen LogP contribution in [-0.2, 0) is 11.2 Å². The average molecular weight is 416 g/mol. The zero-order valence-corrected chi connectivity index (χ0v) is 17.1. The number of oxime groups is 1. The molecule has 2 atom stereocenters. The molecular formula is C20H24N4O6. The molecule has 2 aromatic heterocycles. The highest BCUT2D eigenvalue weighted by Gasteiger charge is 2.43. The molecule has 10 nitrogen and oxygen atoms in total. The molecule has 2 saturated heterocycles. The van der Waals surface area contributed by atoms with E-state index in [0.717, 1.165) is 18.6 Å². The maximum Gasteiger partial charge on any atom is 0.410 e. The number of amides is 1. The molecule has 4 rings (SSSR count). The summed E-state index contributed by atoms with van der Waals surface area (Å²) in [6.07, 6.45) is 2.93. The molecule has 2 bridgehead atoms. The van der Waals surface area contributed by atoms with Crippen LogP contribution in [0.5, 0.6) is 6.01 Å². The van der Waals surface area contributed by atoms with E-state index in [9.17, 15) is 14.4 Å². The number of rotatable bonds is 4. The monoisotopic (exact) mass is 416 g/mol. The van der Waals surface area contributed by atoms with E-state index >= 15 is 0 Å². The van der Waals surface area contributed by atoms with Crippen molar-refractivity contribution < 1.29 is 18.8 Å². The van der Waals surface area contributed by atoms with E-state index in [2.05, 4.69) is 15.1 Å². The first kappa shape index (κ1) is 20.1. The Bertz CT molecular complexity index is 1100. The number of carbonyl (C=O) groups is 1. The smallest absolute Gasteiger partial charge is 0.410 e. The third-order valence-corrected chi connectivity index (χ3v) is 5.43. The number of carbonyl (C=O) groups excluding carboxylic acids is 1. The van der Waals surface area contributed by atoms with Crippen molar-refractivity contribution in [3.05, 3.63) is 32.4 Å². The van der Waals surface area contributed by atoms with Crippen LogP contribution in [0.1, 0.15) is 52.0 Å². The molecule has 2 aromatic rings. The maximum absolute atomic E-state index is 12.4. The van der Waals surface area contributed by atoms with Gasteiger partial charge in [0, 0.05) is 31.0 Å². The number of piperidine rings is 1. The summed E-state index contributed by atoms with van der Waals surface area (Å²) in [4.78, 5) is 50.2. The van der Waals surface area contributed by atoms with Crippen molar-refractivity contribution in [1.82, 2.24) is 14.9 Å². The van der Waals surface area contributed by atoms with Gasteiger partial charge in [-0.1, -0.05) is 12.1 Å². The Morgan fingerprint density at radius 3 is 2.67 bits per heavy atom. The minimum absolute atomic E-state index is 0.0195. The van der Waals surface area contributed by atoms with E-state index < -0.39 is 11.2 Å². The summed E-state index contributed by atoms with van der Waals surface area (Å²) in [5, 5.41) is 4.38. The fourth-order valence-electron chi connectivity index (χ4n) is 4.18. The summed E-state index contributed by atoms with van der Waals surface area (Å²) in [5.74, 6) is 0. The van der Waals surface area contributed by atoms with Crippen LogP contribution in [0.3, 0.4) is 0 Å². The van der Waals surface area contributed by atoms with Gasteiger partial charge < -0.3 is 18.9 Å². The van der Waals surface area contributed by atoms with E-state index in [1.807, 2.05) is 20.8 Å². The van der Waals surface area contributed by atoms with Crippen molar-refractivity contribution in [3.63, 3.8) is 0 Å². The zero-order chi connectivity index (χ0) is 21.4. The molecule has 2 unspecified atom stereocenters. The molecule has 0 spiro atoms. The van der Waals surface area contributed by atoms with Gasteiger partial charge in [0.25, 0.3) is 5.56 Å². The summed E-state index contributed by atoms with van der Waals surface area (Å²) in [6, 6.07) is 1.18. The summed E-state index contributed by atoms with van der Waals surface area (Å²) < 4.78 is 10.4. The van der Waals surface area contributed by atoms with Crippen LogP contribution in [0, 0.1) is 0 Å². The summed E-state index contributed by atoms with van der Waals surface area (Å²) in [5.41, 5.74) is 0.228. The van der Waals surface area contributed by atoms with Gasteiger partial charge in [0.05, 0.1) is 11.8 Å². The number of hydrogen-bond acceptors (Lipinski definition) is 8. The van der Waals surface area contributed by atoms with E-state index in [4.69, 9.17) is 14.0 Å². The van der Waals surface area contributed by atoms with Crippen LogP contribution in [-0.4, -0.2) is 44.9 Å². The van der Waals surface area contributed by atoms with Gasteiger partial charge in [0.2, 0.25) is 5.71 Å². The number of H-pyrrole nitrogens is 1. The molecule has 1 N–H and O–H groups in total. The van der Waals surface area contributed by atoms with Gasteiger partial charge in [-0.2, -0.15) is 4.98 Å². The molecule has 2 fully saturated rings. The molecule has 10 heteroatoms. The number of hydrogen-bond donors (Lipinski definition) is 1. The van der Waals surface area contributed by atoms with Crippen LogP contribution in [0.15, 0.2) is 25.2 Å². The van der Waals surface area contributed by atoms with Crippen LogP contribution >= 0.6 is 0 Å². The lowest BCUT2D eigenvalue weighted by atomic mass is 10.0. The fraction of sp³-hybridized carbons (Fsp3) is 0.550. The van der Waals surface area contributed by atoms with Crippen molar-refractivity contribution in [2.75, 3.05) is 0 Å². The van der Waals surface area contributed by atoms with Crippen molar-refractivity contribution in [2.24, 2.45) is 5.16 Å². The fourth-order valence-corrected chi connectivity index (χ4v) is 4.18. The number of ether oxygens (including phenoxy) is 1.